The van der Waals surface area contributed by atoms with Crippen molar-refractivity contribution in [2.45, 2.75) is 39.8 Å². The van der Waals surface area contributed by atoms with Gasteiger partial charge < -0.3 is 14.2 Å². The highest BCUT2D eigenvalue weighted by Gasteiger charge is 2.34. The maximum atomic E-state index is 12.9. The van der Waals surface area contributed by atoms with E-state index in [1.807, 2.05) is 63.6 Å². The van der Waals surface area contributed by atoms with Crippen LogP contribution in [0.2, 0.25) is 0 Å². The molecular formula is C19H24N2O3. The van der Waals surface area contributed by atoms with Gasteiger partial charge in [0.1, 0.15) is 5.60 Å². The number of ketones is 1. The zero-order chi connectivity index (χ0) is 17.6. The molecule has 5 heteroatoms. The van der Waals surface area contributed by atoms with E-state index in [-0.39, 0.29) is 17.8 Å². The molecule has 0 bridgehead atoms. The highest BCUT2D eigenvalue weighted by molar-refractivity contribution is 6.04. The number of aromatic nitrogens is 1. The minimum Gasteiger partial charge on any atom is -0.444 e. The van der Waals surface area contributed by atoms with E-state index in [9.17, 15) is 9.59 Å². The molecule has 24 heavy (non-hydrogen) atoms. The number of nitrogens with zero attached hydrogens (tertiary/aromatic N) is 2. The van der Waals surface area contributed by atoms with E-state index in [0.29, 0.717) is 18.8 Å². The number of carbonyl (C=O) groups is 2. The van der Waals surface area contributed by atoms with Gasteiger partial charge in [-0.3, -0.25) is 4.79 Å². The number of Topliss-reactive ketones (excluding diaryl/α,β-unsaturated/α-hetero) is 1. The second-order valence-electron chi connectivity index (χ2n) is 7.53. The first-order chi connectivity index (χ1) is 11.2. The van der Waals surface area contributed by atoms with E-state index in [2.05, 4.69) is 0 Å². The summed E-state index contributed by atoms with van der Waals surface area (Å²) in [5, 5.41) is 1.02. The molecule has 1 aliphatic rings. The molecule has 1 atom stereocenters. The monoisotopic (exact) mass is 328 g/mol. The summed E-state index contributed by atoms with van der Waals surface area (Å²) >= 11 is 0. The van der Waals surface area contributed by atoms with Crippen molar-refractivity contribution in [2.24, 2.45) is 13.0 Å². The van der Waals surface area contributed by atoms with Crippen LogP contribution in [0.1, 0.15) is 43.7 Å². The lowest BCUT2D eigenvalue weighted by Gasteiger charge is -2.27. The average molecular weight is 328 g/mol. The van der Waals surface area contributed by atoms with Crippen molar-refractivity contribution in [2.75, 3.05) is 6.54 Å². The maximum absolute atomic E-state index is 12.9. The molecule has 5 nitrogen and oxygen atoms in total. The lowest BCUT2D eigenvalue weighted by molar-refractivity contribution is 0.0218. The van der Waals surface area contributed by atoms with Crippen molar-refractivity contribution >= 4 is 22.8 Å². The largest absolute Gasteiger partial charge is 0.444 e. The molecule has 3 rings (SSSR count). The third-order valence-electron chi connectivity index (χ3n) is 4.39. The van der Waals surface area contributed by atoms with Crippen molar-refractivity contribution in [3.63, 3.8) is 0 Å². The van der Waals surface area contributed by atoms with Crippen molar-refractivity contribution in [1.29, 1.82) is 0 Å². The Bertz CT molecular complexity index is 814. The summed E-state index contributed by atoms with van der Waals surface area (Å²) in [4.78, 5) is 27.1. The second kappa shape index (κ2) is 5.65. The Balaban J connectivity index is 2.08. The quantitative estimate of drug-likeness (QED) is 0.740. The summed E-state index contributed by atoms with van der Waals surface area (Å²) in [5.41, 5.74) is 2.07. The van der Waals surface area contributed by atoms with Crippen molar-refractivity contribution < 1.29 is 14.3 Å². The molecule has 2 heterocycles. The van der Waals surface area contributed by atoms with Crippen LogP contribution in [0.15, 0.2) is 24.3 Å². The molecule has 128 valence electrons. The number of fused-ring (bicyclic) bond motifs is 3. The number of aryl methyl sites for hydroxylation is 1. The van der Waals surface area contributed by atoms with Gasteiger partial charge in [-0.05, 0) is 26.8 Å². The second-order valence-corrected chi connectivity index (χ2v) is 7.53. The number of carbonyl (C=O) groups excluding carboxylic acids is 2. The van der Waals surface area contributed by atoms with Crippen LogP contribution in [0.3, 0.4) is 0 Å². The molecule has 1 aliphatic heterocycles. The van der Waals surface area contributed by atoms with Gasteiger partial charge in [-0.15, -0.1) is 0 Å². The first-order valence-electron chi connectivity index (χ1n) is 8.27. The van der Waals surface area contributed by atoms with Crippen molar-refractivity contribution in [3.05, 3.63) is 35.5 Å². The molecule has 1 aromatic heterocycles. The number of ether oxygens (including phenoxy) is 1. The van der Waals surface area contributed by atoms with Crippen molar-refractivity contribution in [1.82, 2.24) is 9.47 Å². The Morgan fingerprint density at radius 1 is 1.25 bits per heavy atom. The van der Waals surface area contributed by atoms with Crippen LogP contribution in [0.25, 0.3) is 10.9 Å². The standard InChI is InChI=1S/C19H24N2O3/c1-12-10-21(18(23)24-19(2,3)4)11-14-13-8-6-7-9-15(13)20(5)16(14)17(12)22/h6-9,12H,10-11H2,1-5H3. The summed E-state index contributed by atoms with van der Waals surface area (Å²) in [7, 11) is 1.91. The minimum absolute atomic E-state index is 0.0785. The van der Waals surface area contributed by atoms with E-state index in [4.69, 9.17) is 4.74 Å². The third kappa shape index (κ3) is 2.79. The molecule has 0 fully saturated rings. The first-order valence-corrected chi connectivity index (χ1v) is 8.27. The van der Waals surface area contributed by atoms with Crippen LogP contribution in [0.4, 0.5) is 4.79 Å². The molecule has 0 aliphatic carbocycles. The molecule has 0 saturated carbocycles. The number of hydrogen-bond donors (Lipinski definition) is 0. The minimum atomic E-state index is -0.557. The van der Waals surface area contributed by atoms with Gasteiger partial charge in [0.2, 0.25) is 0 Å². The third-order valence-corrected chi connectivity index (χ3v) is 4.39. The molecule has 0 spiro atoms. The summed E-state index contributed by atoms with van der Waals surface area (Å²) < 4.78 is 7.47. The van der Waals surface area contributed by atoms with E-state index < -0.39 is 5.60 Å². The summed E-state index contributed by atoms with van der Waals surface area (Å²) in [6, 6.07) is 7.92. The van der Waals surface area contributed by atoms with E-state index >= 15 is 0 Å². The van der Waals surface area contributed by atoms with Crippen molar-refractivity contribution in [3.8, 4) is 0 Å². The van der Waals surface area contributed by atoms with Crippen LogP contribution in [0.5, 0.6) is 0 Å². The topological polar surface area (TPSA) is 51.5 Å². The number of para-hydroxylation sites is 1. The molecular weight excluding hydrogens is 304 g/mol. The Labute approximate surface area is 142 Å². The van der Waals surface area contributed by atoms with E-state index in [0.717, 1.165) is 16.5 Å². The summed E-state index contributed by atoms with van der Waals surface area (Å²) in [6.45, 7) is 8.17. The molecule has 0 saturated heterocycles. The predicted molar refractivity (Wildman–Crippen MR) is 93.1 cm³/mol. The van der Waals surface area contributed by atoms with Crippen LogP contribution in [-0.4, -0.2) is 33.5 Å². The van der Waals surface area contributed by atoms with Crippen LogP contribution in [0, 0.1) is 5.92 Å². The molecule has 2 aromatic rings. The fraction of sp³-hybridized carbons (Fsp3) is 0.474. The Kier molecular flexibility index (Phi) is 3.90. The fourth-order valence-corrected chi connectivity index (χ4v) is 3.31. The Morgan fingerprint density at radius 3 is 2.58 bits per heavy atom. The summed E-state index contributed by atoms with van der Waals surface area (Å²) in [6.07, 6.45) is -0.372. The predicted octanol–water partition coefficient (Wildman–Crippen LogP) is 3.75. The van der Waals surface area contributed by atoms with Gasteiger partial charge in [-0.25, -0.2) is 4.79 Å². The van der Waals surface area contributed by atoms with Gasteiger partial charge in [0.15, 0.2) is 5.78 Å². The number of benzene rings is 1. The Hall–Kier alpha value is -2.30. The van der Waals surface area contributed by atoms with Gasteiger partial charge in [0.05, 0.1) is 12.2 Å². The zero-order valence-electron chi connectivity index (χ0n) is 14.9. The van der Waals surface area contributed by atoms with Crippen LogP contribution < -0.4 is 0 Å². The number of rotatable bonds is 0. The summed E-state index contributed by atoms with van der Waals surface area (Å²) in [5.74, 6) is -0.184. The molecule has 1 amide bonds. The number of amides is 1. The van der Waals surface area contributed by atoms with Gasteiger partial charge in [0.25, 0.3) is 0 Å². The molecule has 1 aromatic carbocycles. The van der Waals surface area contributed by atoms with Gasteiger partial charge in [0, 0.05) is 36.0 Å². The maximum Gasteiger partial charge on any atom is 0.410 e. The lowest BCUT2D eigenvalue weighted by atomic mass is 10.0. The van der Waals surface area contributed by atoms with Crippen LogP contribution >= 0.6 is 0 Å². The normalized spacial score (nSPS) is 18.5. The smallest absolute Gasteiger partial charge is 0.410 e. The van der Waals surface area contributed by atoms with Gasteiger partial charge in [-0.2, -0.15) is 0 Å². The highest BCUT2D eigenvalue weighted by Crippen LogP contribution is 2.31. The van der Waals surface area contributed by atoms with Gasteiger partial charge in [-0.1, -0.05) is 25.1 Å². The highest BCUT2D eigenvalue weighted by atomic mass is 16.6. The molecule has 0 N–H and O–H groups in total. The zero-order valence-corrected chi connectivity index (χ0v) is 14.9. The van der Waals surface area contributed by atoms with Crippen LogP contribution in [-0.2, 0) is 18.3 Å². The van der Waals surface area contributed by atoms with E-state index in [1.54, 1.807) is 4.90 Å². The van der Waals surface area contributed by atoms with E-state index in [1.165, 1.54) is 0 Å². The fourth-order valence-electron chi connectivity index (χ4n) is 3.31. The number of hydrogen-bond acceptors (Lipinski definition) is 3. The molecule has 1 unspecified atom stereocenters. The average Bonchev–Trinajstić information content (AvgIpc) is 2.68. The lowest BCUT2D eigenvalue weighted by Crippen LogP contribution is -2.38. The SMILES string of the molecule is CC1CN(C(=O)OC(C)(C)C)Cc2c(n(C)c3ccccc23)C1=O. The van der Waals surface area contributed by atoms with Gasteiger partial charge >= 0.3 is 6.09 Å². The first kappa shape index (κ1) is 16.6. The molecule has 0 radical (unpaired) electrons. The Morgan fingerprint density at radius 2 is 1.92 bits per heavy atom.